The maximum absolute atomic E-state index is 2.38. The van der Waals surface area contributed by atoms with E-state index in [0.717, 1.165) is 0 Å². The SMILES string of the molecule is Cl.Cl.[Ce][C]1=CCCC1. The second-order valence-corrected chi connectivity index (χ2v) is 3.64. The van der Waals surface area contributed by atoms with Crippen LogP contribution in [0.1, 0.15) is 19.3 Å². The van der Waals surface area contributed by atoms with Crippen LogP contribution in [0.15, 0.2) is 7.17 Å². The van der Waals surface area contributed by atoms with Gasteiger partial charge in [0.25, 0.3) is 0 Å². The monoisotopic (exact) mass is 279 g/mol. The fraction of sp³-hybridized carbons (Fsp3) is 0.600. The molecule has 3 heteroatoms. The molecule has 0 nitrogen and oxygen atoms in total. The first kappa shape index (κ1) is 12.4. The van der Waals surface area contributed by atoms with E-state index in [4.69, 9.17) is 0 Å². The van der Waals surface area contributed by atoms with Crippen LogP contribution < -0.4 is 0 Å². The van der Waals surface area contributed by atoms with Crippen molar-refractivity contribution in [2.24, 2.45) is 0 Å². The molecule has 1 aliphatic carbocycles. The molecular formula is C5H9CeCl2. The Morgan fingerprint density at radius 1 is 1.38 bits per heavy atom. The van der Waals surface area contributed by atoms with Gasteiger partial charge in [-0.1, -0.05) is 0 Å². The van der Waals surface area contributed by atoms with Crippen LogP contribution in [-0.2, 0) is 0 Å². The summed E-state index contributed by atoms with van der Waals surface area (Å²) in [6.45, 7) is 0. The summed E-state index contributed by atoms with van der Waals surface area (Å²) >= 11 is 1.31. The van der Waals surface area contributed by atoms with Crippen LogP contribution >= 0.6 is 24.8 Å². The minimum absolute atomic E-state index is 0. The van der Waals surface area contributed by atoms with E-state index >= 15 is 0 Å². The Balaban J connectivity index is 0. The van der Waals surface area contributed by atoms with E-state index in [-0.39, 0.29) is 24.8 Å². The molecule has 1 aliphatic rings. The van der Waals surface area contributed by atoms with Crippen LogP contribution in [0, 0.1) is 39.6 Å². The quantitative estimate of drug-likeness (QED) is 0.639. The number of hydrogen-bond acceptors (Lipinski definition) is 0. The first-order valence-corrected chi connectivity index (χ1v) is 3.87. The van der Waals surface area contributed by atoms with Gasteiger partial charge in [0, 0.05) is 0 Å². The second-order valence-electron chi connectivity index (χ2n) is 1.62. The van der Waals surface area contributed by atoms with Crippen molar-refractivity contribution in [1.82, 2.24) is 0 Å². The van der Waals surface area contributed by atoms with Crippen LogP contribution in [-0.4, -0.2) is 0 Å². The summed E-state index contributed by atoms with van der Waals surface area (Å²) in [5, 5.41) is 0. The van der Waals surface area contributed by atoms with Crippen LogP contribution in [0.5, 0.6) is 0 Å². The third-order valence-corrected chi connectivity index (χ3v) is 2.47. The van der Waals surface area contributed by atoms with Gasteiger partial charge in [-0.2, -0.15) is 0 Å². The van der Waals surface area contributed by atoms with Crippen molar-refractivity contribution in [3.8, 4) is 0 Å². The third-order valence-electron chi connectivity index (χ3n) is 1.04. The molecule has 0 bridgehead atoms. The molecule has 0 unspecified atom stereocenters. The first-order chi connectivity index (χ1) is 2.89. The van der Waals surface area contributed by atoms with Gasteiger partial charge in [0.1, 0.15) is 0 Å². The topological polar surface area (TPSA) is 0 Å². The second kappa shape index (κ2) is 6.81. The van der Waals surface area contributed by atoms with Crippen molar-refractivity contribution in [3.05, 3.63) is 7.17 Å². The standard InChI is InChI=1S/C5H7.Ce.2ClH/c1-2-4-5-3-1;;;/h1H,2,4-5H2;;2*1H. The van der Waals surface area contributed by atoms with E-state index in [1.54, 1.807) is 1.09 Å². The van der Waals surface area contributed by atoms with Crippen LogP contribution in [0.4, 0.5) is 0 Å². The van der Waals surface area contributed by atoms with E-state index in [2.05, 4.69) is 6.08 Å². The molecule has 8 heavy (non-hydrogen) atoms. The fourth-order valence-electron chi connectivity index (χ4n) is 0.671. The fourth-order valence-corrected chi connectivity index (χ4v) is 1.68. The summed E-state index contributed by atoms with van der Waals surface area (Å²) in [6.07, 6.45) is 6.58. The molecule has 0 spiro atoms. The van der Waals surface area contributed by atoms with Gasteiger partial charge in [-0.25, -0.2) is 0 Å². The molecule has 0 atom stereocenters. The van der Waals surface area contributed by atoms with Gasteiger partial charge in [-0.05, 0) is 0 Å². The molecule has 0 saturated heterocycles. The summed E-state index contributed by atoms with van der Waals surface area (Å²) in [4.78, 5) is 0. The van der Waals surface area contributed by atoms with Gasteiger partial charge in [0.15, 0.2) is 0 Å². The normalized spacial score (nSPS) is 15.6. The van der Waals surface area contributed by atoms with E-state index in [1.807, 2.05) is 0 Å². The predicted octanol–water partition coefficient (Wildman–Crippen LogP) is 2.45. The first-order valence-electron chi connectivity index (χ1n) is 2.30. The average Bonchev–Trinajstić information content (AvgIpc) is 1.86. The van der Waals surface area contributed by atoms with Gasteiger partial charge < -0.3 is 0 Å². The zero-order valence-electron chi connectivity index (χ0n) is 4.52. The van der Waals surface area contributed by atoms with Crippen LogP contribution in [0.3, 0.4) is 0 Å². The van der Waals surface area contributed by atoms with Gasteiger partial charge in [-0.15, -0.1) is 24.8 Å². The molecule has 0 amide bonds. The van der Waals surface area contributed by atoms with Crippen molar-refractivity contribution in [2.45, 2.75) is 19.3 Å². The molecule has 0 radical (unpaired) electrons. The summed E-state index contributed by atoms with van der Waals surface area (Å²) in [7, 11) is 0. The molecule has 47 valence electrons. The summed E-state index contributed by atoms with van der Waals surface area (Å²) in [5.74, 6) is 0. The third kappa shape index (κ3) is 4.56. The number of hydrogen-bond donors (Lipinski definition) is 0. The van der Waals surface area contributed by atoms with E-state index < -0.39 is 0 Å². The summed E-state index contributed by atoms with van der Waals surface area (Å²) in [6, 6.07) is 0. The Bertz CT molecular complexity index is 80.5. The molecular weight excluding hydrogens is 271 g/mol. The van der Waals surface area contributed by atoms with Crippen LogP contribution in [0.25, 0.3) is 0 Å². The summed E-state index contributed by atoms with van der Waals surface area (Å²) in [5.41, 5.74) is 0. The van der Waals surface area contributed by atoms with Crippen molar-refractivity contribution in [2.75, 3.05) is 0 Å². The molecule has 0 heterocycles. The Hall–Kier alpha value is 1.70. The average molecular weight is 280 g/mol. The summed E-state index contributed by atoms with van der Waals surface area (Å²) < 4.78 is 1.72. The van der Waals surface area contributed by atoms with E-state index in [0.29, 0.717) is 0 Å². The zero-order valence-corrected chi connectivity index (χ0v) is 9.29. The van der Waals surface area contributed by atoms with Crippen molar-refractivity contribution in [1.29, 1.82) is 0 Å². The predicted molar refractivity (Wildman–Crippen MR) is 36.4 cm³/mol. The van der Waals surface area contributed by atoms with Crippen molar-refractivity contribution >= 4 is 24.8 Å². The molecule has 0 aromatic rings. The number of halogens is 2. The molecule has 0 aliphatic heterocycles. The maximum atomic E-state index is 2.38. The van der Waals surface area contributed by atoms with Gasteiger partial charge in [0.2, 0.25) is 0 Å². The molecule has 0 fully saturated rings. The Labute approximate surface area is 89.6 Å². The van der Waals surface area contributed by atoms with Gasteiger partial charge in [0.05, 0.1) is 0 Å². The van der Waals surface area contributed by atoms with Gasteiger partial charge in [-0.3, -0.25) is 0 Å². The van der Waals surface area contributed by atoms with Gasteiger partial charge >= 0.3 is 66.1 Å². The molecule has 0 saturated carbocycles. The molecule has 0 aromatic heterocycles. The van der Waals surface area contributed by atoms with Crippen molar-refractivity contribution < 1.29 is 39.6 Å². The van der Waals surface area contributed by atoms with E-state index in [1.165, 1.54) is 58.9 Å². The molecule has 1 rings (SSSR count). The Morgan fingerprint density at radius 3 is 2.12 bits per heavy atom. The van der Waals surface area contributed by atoms with Crippen molar-refractivity contribution in [3.63, 3.8) is 0 Å². The van der Waals surface area contributed by atoms with E-state index in [9.17, 15) is 0 Å². The molecule has 0 aromatic carbocycles. The van der Waals surface area contributed by atoms with Crippen LogP contribution in [0.2, 0.25) is 0 Å². The zero-order chi connectivity index (χ0) is 4.41. The Kier molecular flexibility index (Phi) is 10.5. The Morgan fingerprint density at radius 2 is 2.00 bits per heavy atom. The molecule has 0 N–H and O–H groups in total. The number of rotatable bonds is 0. The number of allylic oxidation sites excluding steroid dienone is 2. The minimum atomic E-state index is 0.